The molecule has 1 N–H and O–H groups in total. The minimum Gasteiger partial charge on any atom is -0.313 e. The van der Waals surface area contributed by atoms with Crippen LogP contribution in [0.1, 0.15) is 11.1 Å². The fourth-order valence-electron chi connectivity index (χ4n) is 0.980. The van der Waals surface area contributed by atoms with E-state index in [4.69, 9.17) is 11.6 Å². The van der Waals surface area contributed by atoms with Gasteiger partial charge in [-0.3, -0.25) is 0 Å². The Hall–Kier alpha value is -1.23. The van der Waals surface area contributed by atoms with E-state index in [1.54, 1.807) is 7.05 Å². The zero-order valence-corrected chi connectivity index (χ0v) is 8.52. The van der Waals surface area contributed by atoms with Gasteiger partial charge >= 0.3 is 6.18 Å². The molecule has 1 aromatic carbocycles. The van der Waals surface area contributed by atoms with Gasteiger partial charge in [-0.2, -0.15) is 18.3 Å². The zero-order valence-electron chi connectivity index (χ0n) is 7.77. The third-order valence-electron chi connectivity index (χ3n) is 1.64. The van der Waals surface area contributed by atoms with Crippen molar-refractivity contribution in [1.29, 1.82) is 0 Å². The molecule has 0 atom stereocenters. The monoisotopic (exact) mass is 236 g/mol. The normalized spacial score (nSPS) is 12.1. The SMILES string of the molecule is CN/N=C/c1ccc(Cl)c(C(F)(F)F)c1. The quantitative estimate of drug-likeness (QED) is 0.620. The van der Waals surface area contributed by atoms with Gasteiger partial charge in [-0.15, -0.1) is 0 Å². The van der Waals surface area contributed by atoms with Gasteiger partial charge in [-0.1, -0.05) is 17.7 Å². The lowest BCUT2D eigenvalue weighted by Crippen LogP contribution is -2.06. The molecule has 0 amide bonds. The Labute approximate surface area is 89.7 Å². The van der Waals surface area contributed by atoms with E-state index in [9.17, 15) is 13.2 Å². The second kappa shape index (κ2) is 4.53. The number of halogens is 4. The van der Waals surface area contributed by atoms with Crippen molar-refractivity contribution < 1.29 is 13.2 Å². The van der Waals surface area contributed by atoms with Crippen molar-refractivity contribution in [3.05, 3.63) is 34.3 Å². The van der Waals surface area contributed by atoms with Gasteiger partial charge in [0.05, 0.1) is 16.8 Å². The molecule has 82 valence electrons. The van der Waals surface area contributed by atoms with Crippen LogP contribution in [0.15, 0.2) is 23.3 Å². The molecule has 0 fully saturated rings. The van der Waals surface area contributed by atoms with Crippen LogP contribution in [-0.2, 0) is 6.18 Å². The summed E-state index contributed by atoms with van der Waals surface area (Å²) in [6.45, 7) is 0. The molecule has 2 nitrogen and oxygen atoms in total. The van der Waals surface area contributed by atoms with Crippen LogP contribution in [0.3, 0.4) is 0 Å². The van der Waals surface area contributed by atoms with Gasteiger partial charge in [0.25, 0.3) is 0 Å². The summed E-state index contributed by atoms with van der Waals surface area (Å²) in [5.74, 6) is 0. The number of nitrogens with one attached hydrogen (secondary N) is 1. The van der Waals surface area contributed by atoms with Crippen LogP contribution in [0, 0.1) is 0 Å². The molecule has 1 aromatic rings. The fraction of sp³-hybridized carbons (Fsp3) is 0.222. The summed E-state index contributed by atoms with van der Waals surface area (Å²) in [6, 6.07) is 3.60. The third kappa shape index (κ3) is 3.13. The number of rotatable bonds is 2. The van der Waals surface area contributed by atoms with E-state index in [1.165, 1.54) is 18.3 Å². The van der Waals surface area contributed by atoms with Gasteiger partial charge in [0.15, 0.2) is 0 Å². The highest BCUT2D eigenvalue weighted by Crippen LogP contribution is 2.34. The van der Waals surface area contributed by atoms with Crippen LogP contribution in [-0.4, -0.2) is 13.3 Å². The lowest BCUT2D eigenvalue weighted by molar-refractivity contribution is -0.137. The van der Waals surface area contributed by atoms with Crippen molar-refractivity contribution in [2.45, 2.75) is 6.18 Å². The minimum atomic E-state index is -4.44. The molecule has 0 unspecified atom stereocenters. The lowest BCUT2D eigenvalue weighted by atomic mass is 10.1. The molecular weight excluding hydrogens is 229 g/mol. The molecule has 0 aliphatic carbocycles. The van der Waals surface area contributed by atoms with Gasteiger partial charge < -0.3 is 5.43 Å². The van der Waals surface area contributed by atoms with Crippen molar-refractivity contribution in [3.8, 4) is 0 Å². The predicted molar refractivity (Wildman–Crippen MR) is 53.1 cm³/mol. The van der Waals surface area contributed by atoms with Crippen LogP contribution >= 0.6 is 11.6 Å². The number of nitrogens with zero attached hydrogens (tertiary/aromatic N) is 1. The number of hydrogen-bond acceptors (Lipinski definition) is 2. The summed E-state index contributed by atoms with van der Waals surface area (Å²) in [7, 11) is 1.55. The second-order valence-electron chi connectivity index (χ2n) is 2.72. The van der Waals surface area contributed by atoms with Crippen molar-refractivity contribution >= 4 is 17.8 Å². The first-order valence-electron chi connectivity index (χ1n) is 4.01. The van der Waals surface area contributed by atoms with Crippen molar-refractivity contribution in [2.24, 2.45) is 5.10 Å². The van der Waals surface area contributed by atoms with E-state index in [1.807, 2.05) is 0 Å². The molecule has 0 saturated carbocycles. The fourth-order valence-corrected chi connectivity index (χ4v) is 1.20. The minimum absolute atomic E-state index is 0.316. The largest absolute Gasteiger partial charge is 0.417 e. The van der Waals surface area contributed by atoms with Gasteiger partial charge in [0.1, 0.15) is 0 Å². The van der Waals surface area contributed by atoms with Crippen LogP contribution in [0.4, 0.5) is 13.2 Å². The number of hydrazone groups is 1. The van der Waals surface area contributed by atoms with Gasteiger partial charge in [-0.25, -0.2) is 0 Å². The van der Waals surface area contributed by atoms with Crippen molar-refractivity contribution in [1.82, 2.24) is 5.43 Å². The van der Waals surface area contributed by atoms with Gasteiger partial charge in [-0.05, 0) is 17.7 Å². The number of benzene rings is 1. The van der Waals surface area contributed by atoms with Crippen LogP contribution in [0.2, 0.25) is 5.02 Å². The van der Waals surface area contributed by atoms with Gasteiger partial charge in [0, 0.05) is 7.05 Å². The molecule has 15 heavy (non-hydrogen) atoms. The maximum absolute atomic E-state index is 12.4. The Bertz CT molecular complexity index is 374. The standard InChI is InChI=1S/C9H8ClF3N2/c1-14-15-5-6-2-3-8(10)7(4-6)9(11,12)13/h2-5,14H,1H3/b15-5+. The van der Waals surface area contributed by atoms with E-state index >= 15 is 0 Å². The molecule has 0 aliphatic rings. The average molecular weight is 237 g/mol. The number of hydrogen-bond donors (Lipinski definition) is 1. The molecule has 0 bridgehead atoms. The second-order valence-corrected chi connectivity index (χ2v) is 3.13. The molecule has 6 heteroatoms. The maximum atomic E-state index is 12.4. The summed E-state index contributed by atoms with van der Waals surface area (Å²) in [6.07, 6.45) is -3.16. The summed E-state index contributed by atoms with van der Waals surface area (Å²) in [5, 5.41) is 3.29. The highest BCUT2D eigenvalue weighted by molar-refractivity contribution is 6.31. The molecule has 0 spiro atoms. The van der Waals surface area contributed by atoms with Crippen LogP contribution < -0.4 is 5.43 Å². The van der Waals surface area contributed by atoms with E-state index in [0.29, 0.717) is 5.56 Å². The first kappa shape index (κ1) is 11.8. The van der Waals surface area contributed by atoms with E-state index in [2.05, 4.69) is 10.5 Å². The van der Waals surface area contributed by atoms with Gasteiger partial charge in [0.2, 0.25) is 0 Å². The lowest BCUT2D eigenvalue weighted by Gasteiger charge is -2.08. The zero-order chi connectivity index (χ0) is 11.5. The highest BCUT2D eigenvalue weighted by Gasteiger charge is 2.33. The predicted octanol–water partition coefficient (Wildman–Crippen LogP) is 2.91. The van der Waals surface area contributed by atoms with Crippen molar-refractivity contribution in [2.75, 3.05) is 7.05 Å². The van der Waals surface area contributed by atoms with Crippen LogP contribution in [0.5, 0.6) is 0 Å². The van der Waals surface area contributed by atoms with Crippen molar-refractivity contribution in [3.63, 3.8) is 0 Å². The summed E-state index contributed by atoms with van der Waals surface area (Å²) in [4.78, 5) is 0. The highest BCUT2D eigenvalue weighted by atomic mass is 35.5. The summed E-state index contributed by atoms with van der Waals surface area (Å²) in [5.41, 5.74) is 1.92. The molecule has 1 rings (SSSR count). The first-order valence-corrected chi connectivity index (χ1v) is 4.39. The Morgan fingerprint density at radius 3 is 2.60 bits per heavy atom. The third-order valence-corrected chi connectivity index (χ3v) is 1.97. The van der Waals surface area contributed by atoms with Crippen LogP contribution in [0.25, 0.3) is 0 Å². The molecule has 0 aromatic heterocycles. The van der Waals surface area contributed by atoms with E-state index in [0.717, 1.165) is 6.07 Å². The van der Waals surface area contributed by atoms with E-state index in [-0.39, 0.29) is 5.02 Å². The number of alkyl halides is 3. The molecular formula is C9H8ClF3N2. The molecule has 0 aliphatic heterocycles. The Balaban J connectivity index is 3.11. The summed E-state index contributed by atoms with van der Waals surface area (Å²) >= 11 is 5.43. The Morgan fingerprint density at radius 1 is 1.40 bits per heavy atom. The van der Waals surface area contributed by atoms with E-state index < -0.39 is 11.7 Å². The first-order chi connectivity index (χ1) is 6.95. The Kier molecular flexibility index (Phi) is 3.57. The average Bonchev–Trinajstić information content (AvgIpc) is 2.15. The Morgan fingerprint density at radius 2 is 2.07 bits per heavy atom. The molecule has 0 radical (unpaired) electrons. The molecule has 0 heterocycles. The smallest absolute Gasteiger partial charge is 0.313 e. The topological polar surface area (TPSA) is 24.4 Å². The summed E-state index contributed by atoms with van der Waals surface area (Å²) < 4.78 is 37.2. The maximum Gasteiger partial charge on any atom is 0.417 e. The molecule has 0 saturated heterocycles.